The van der Waals surface area contributed by atoms with E-state index in [-0.39, 0.29) is 0 Å². The van der Waals surface area contributed by atoms with Gasteiger partial charge in [0.15, 0.2) is 0 Å². The van der Waals surface area contributed by atoms with Crippen LogP contribution in [0.25, 0.3) is 0 Å². The molecule has 0 radical (unpaired) electrons. The standard InChI is InChI=1S/C17H26BrClN2/c1-12(2)20-11-13-6-4-5-9-21(3)17(13)15-8-7-14(18)10-16(15)19/h7-8,10,12-13,17,20H,4-6,9,11H2,1-3H3. The van der Waals surface area contributed by atoms with Crippen molar-refractivity contribution in [2.45, 2.75) is 45.2 Å². The van der Waals surface area contributed by atoms with Crippen molar-refractivity contribution >= 4 is 27.5 Å². The SMILES string of the molecule is CC(C)NCC1CCCCN(C)C1c1ccc(Br)cc1Cl. The summed E-state index contributed by atoms with van der Waals surface area (Å²) in [6.07, 6.45) is 3.85. The molecule has 21 heavy (non-hydrogen) atoms. The summed E-state index contributed by atoms with van der Waals surface area (Å²) in [7, 11) is 2.23. The van der Waals surface area contributed by atoms with Crippen LogP contribution in [0.2, 0.25) is 5.02 Å². The number of hydrogen-bond donors (Lipinski definition) is 1. The smallest absolute Gasteiger partial charge is 0.0465 e. The summed E-state index contributed by atoms with van der Waals surface area (Å²) in [4.78, 5) is 2.48. The van der Waals surface area contributed by atoms with E-state index in [1.807, 2.05) is 6.07 Å². The first kappa shape index (κ1) is 17.3. The van der Waals surface area contributed by atoms with Crippen molar-refractivity contribution in [3.63, 3.8) is 0 Å². The largest absolute Gasteiger partial charge is 0.314 e. The van der Waals surface area contributed by atoms with Crippen molar-refractivity contribution in [1.82, 2.24) is 10.2 Å². The van der Waals surface area contributed by atoms with Gasteiger partial charge in [-0.1, -0.05) is 53.9 Å². The van der Waals surface area contributed by atoms with Gasteiger partial charge in [-0.05, 0) is 50.0 Å². The van der Waals surface area contributed by atoms with Gasteiger partial charge in [-0.25, -0.2) is 0 Å². The fourth-order valence-electron chi connectivity index (χ4n) is 3.26. The van der Waals surface area contributed by atoms with Crippen molar-refractivity contribution < 1.29 is 0 Å². The van der Waals surface area contributed by atoms with E-state index in [9.17, 15) is 0 Å². The van der Waals surface area contributed by atoms with Gasteiger partial charge in [0.05, 0.1) is 0 Å². The molecule has 2 rings (SSSR count). The molecule has 4 heteroatoms. The van der Waals surface area contributed by atoms with E-state index in [1.54, 1.807) is 0 Å². The molecule has 0 aliphatic carbocycles. The zero-order valence-electron chi connectivity index (χ0n) is 13.2. The zero-order valence-corrected chi connectivity index (χ0v) is 15.5. The summed E-state index contributed by atoms with van der Waals surface area (Å²) in [6, 6.07) is 7.23. The van der Waals surface area contributed by atoms with Crippen LogP contribution in [0.5, 0.6) is 0 Å². The Balaban J connectivity index is 2.27. The van der Waals surface area contributed by atoms with E-state index in [0.717, 1.165) is 22.6 Å². The topological polar surface area (TPSA) is 15.3 Å². The quantitative estimate of drug-likeness (QED) is 0.809. The zero-order chi connectivity index (χ0) is 15.4. The maximum absolute atomic E-state index is 6.53. The van der Waals surface area contributed by atoms with Gasteiger partial charge < -0.3 is 5.32 Å². The first-order valence-corrected chi connectivity index (χ1v) is 9.04. The molecule has 1 fully saturated rings. The molecule has 2 nitrogen and oxygen atoms in total. The lowest BCUT2D eigenvalue weighted by Crippen LogP contribution is -2.37. The molecule has 0 spiro atoms. The Morgan fingerprint density at radius 1 is 1.38 bits per heavy atom. The third-order valence-electron chi connectivity index (χ3n) is 4.33. The molecule has 0 amide bonds. The summed E-state index contributed by atoms with van der Waals surface area (Å²) >= 11 is 10.0. The van der Waals surface area contributed by atoms with E-state index in [1.165, 1.54) is 24.8 Å². The van der Waals surface area contributed by atoms with Crippen LogP contribution in [0, 0.1) is 5.92 Å². The number of likely N-dealkylation sites (tertiary alicyclic amines) is 1. The van der Waals surface area contributed by atoms with Gasteiger partial charge >= 0.3 is 0 Å². The molecule has 1 saturated heterocycles. The van der Waals surface area contributed by atoms with Crippen molar-refractivity contribution in [2.24, 2.45) is 5.92 Å². The minimum atomic E-state index is 0.402. The van der Waals surface area contributed by atoms with Gasteiger partial charge in [-0.3, -0.25) is 4.90 Å². The van der Waals surface area contributed by atoms with Crippen molar-refractivity contribution in [1.29, 1.82) is 0 Å². The molecule has 0 aromatic heterocycles. The molecule has 1 aliphatic heterocycles. The molecule has 1 N–H and O–H groups in total. The summed E-state index contributed by atoms with van der Waals surface area (Å²) in [5.74, 6) is 0.610. The second-order valence-corrected chi connectivity index (χ2v) is 7.73. The highest BCUT2D eigenvalue weighted by atomic mass is 79.9. The fourth-order valence-corrected chi connectivity index (χ4v) is 4.04. The summed E-state index contributed by atoms with van der Waals surface area (Å²) < 4.78 is 1.05. The van der Waals surface area contributed by atoms with Gasteiger partial charge in [0.2, 0.25) is 0 Å². The van der Waals surface area contributed by atoms with Crippen molar-refractivity contribution in [3.05, 3.63) is 33.3 Å². The molecule has 0 saturated carbocycles. The van der Waals surface area contributed by atoms with Crippen LogP contribution in [0.1, 0.15) is 44.7 Å². The highest BCUT2D eigenvalue weighted by Gasteiger charge is 2.30. The molecule has 118 valence electrons. The fraction of sp³-hybridized carbons (Fsp3) is 0.647. The van der Waals surface area contributed by atoms with E-state index in [4.69, 9.17) is 11.6 Å². The van der Waals surface area contributed by atoms with Crippen LogP contribution in [-0.4, -0.2) is 31.1 Å². The minimum Gasteiger partial charge on any atom is -0.314 e. The summed E-state index contributed by atoms with van der Waals surface area (Å²) in [5.41, 5.74) is 1.26. The van der Waals surface area contributed by atoms with Crippen LogP contribution in [0.4, 0.5) is 0 Å². The van der Waals surface area contributed by atoms with Crippen LogP contribution < -0.4 is 5.32 Å². The third kappa shape index (κ3) is 4.69. The molecule has 2 unspecified atom stereocenters. The third-order valence-corrected chi connectivity index (χ3v) is 5.15. The predicted octanol–water partition coefficient (Wildman–Crippen LogP) is 4.87. The monoisotopic (exact) mass is 372 g/mol. The number of hydrogen-bond acceptors (Lipinski definition) is 2. The van der Waals surface area contributed by atoms with Crippen molar-refractivity contribution in [3.8, 4) is 0 Å². The first-order valence-electron chi connectivity index (χ1n) is 7.87. The Bertz CT molecular complexity index is 464. The second-order valence-electron chi connectivity index (χ2n) is 6.41. The lowest BCUT2D eigenvalue weighted by Gasteiger charge is -2.34. The molecule has 1 aromatic rings. The molecule has 1 heterocycles. The van der Waals surface area contributed by atoms with Crippen LogP contribution in [0.3, 0.4) is 0 Å². The molecule has 2 atom stereocenters. The average Bonchev–Trinajstić information content (AvgIpc) is 2.59. The van der Waals surface area contributed by atoms with E-state index in [2.05, 4.69) is 59.2 Å². The number of nitrogens with one attached hydrogen (secondary N) is 1. The Hall–Kier alpha value is -0.0900. The van der Waals surface area contributed by atoms with Crippen LogP contribution in [0.15, 0.2) is 22.7 Å². The van der Waals surface area contributed by atoms with Gasteiger partial charge in [-0.15, -0.1) is 0 Å². The number of nitrogens with zero attached hydrogens (tertiary/aromatic N) is 1. The summed E-state index contributed by atoms with van der Waals surface area (Å²) in [6.45, 7) is 6.62. The predicted molar refractivity (Wildman–Crippen MR) is 95.0 cm³/mol. The maximum Gasteiger partial charge on any atom is 0.0465 e. The maximum atomic E-state index is 6.53. The molecule has 0 bridgehead atoms. The van der Waals surface area contributed by atoms with E-state index < -0.39 is 0 Å². The molecule has 1 aliphatic rings. The van der Waals surface area contributed by atoms with E-state index in [0.29, 0.717) is 18.0 Å². The van der Waals surface area contributed by atoms with Gasteiger partial charge in [0.25, 0.3) is 0 Å². The molecule has 1 aromatic carbocycles. The van der Waals surface area contributed by atoms with Gasteiger partial charge in [0, 0.05) is 28.1 Å². The lowest BCUT2D eigenvalue weighted by molar-refractivity contribution is 0.187. The minimum absolute atomic E-state index is 0.402. The normalized spacial score (nSPS) is 24.3. The van der Waals surface area contributed by atoms with Crippen molar-refractivity contribution in [2.75, 3.05) is 20.1 Å². The first-order chi connectivity index (χ1) is 9.99. The Labute approximate surface area is 142 Å². The number of benzene rings is 1. The Kier molecular flexibility index (Phi) is 6.54. The Morgan fingerprint density at radius 3 is 2.81 bits per heavy atom. The van der Waals surface area contributed by atoms with Gasteiger partial charge in [-0.2, -0.15) is 0 Å². The molecular formula is C17H26BrClN2. The summed E-state index contributed by atoms with van der Waals surface area (Å²) in [5, 5.41) is 4.49. The van der Waals surface area contributed by atoms with E-state index >= 15 is 0 Å². The number of halogens is 2. The molecular weight excluding hydrogens is 348 g/mol. The average molecular weight is 374 g/mol. The highest BCUT2D eigenvalue weighted by molar-refractivity contribution is 9.10. The lowest BCUT2D eigenvalue weighted by atomic mass is 9.89. The second kappa shape index (κ2) is 7.96. The number of rotatable bonds is 4. The van der Waals surface area contributed by atoms with Crippen LogP contribution in [-0.2, 0) is 0 Å². The van der Waals surface area contributed by atoms with Crippen LogP contribution >= 0.6 is 27.5 Å². The van der Waals surface area contributed by atoms with Gasteiger partial charge in [0.1, 0.15) is 0 Å². The highest BCUT2D eigenvalue weighted by Crippen LogP contribution is 2.38. The Morgan fingerprint density at radius 2 is 2.14 bits per heavy atom.